The normalized spacial score (nSPS) is 24.1. The minimum Gasteiger partial charge on any atom is -0.404 e. The van der Waals surface area contributed by atoms with Crippen molar-refractivity contribution in [2.75, 3.05) is 13.1 Å². The quantitative estimate of drug-likeness (QED) is 0.0676. The summed E-state index contributed by atoms with van der Waals surface area (Å²) in [4.78, 5) is 67.0. The number of unbranched alkanes of at least 4 members (excludes halogenated alkanes) is 2. The van der Waals surface area contributed by atoms with Crippen LogP contribution in [0.5, 0.6) is 0 Å². The van der Waals surface area contributed by atoms with E-state index in [0.717, 1.165) is 43.2 Å². The van der Waals surface area contributed by atoms with Gasteiger partial charge in [-0.2, -0.15) is 0 Å². The Balaban J connectivity index is 1.13. The van der Waals surface area contributed by atoms with Crippen molar-refractivity contribution in [3.05, 3.63) is 59.7 Å². The molecular weight excluding hydrogens is 777 g/mol. The first kappa shape index (κ1) is 47.7. The monoisotopic (exact) mass is 846 g/mol. The van der Waals surface area contributed by atoms with E-state index in [0.29, 0.717) is 43.2 Å². The number of rotatable bonds is 21. The molecule has 2 aromatic carbocycles. The lowest BCUT2D eigenvalue weighted by atomic mass is 9.43. The van der Waals surface area contributed by atoms with Crippen molar-refractivity contribution < 1.29 is 38.4 Å². The predicted octanol–water partition coefficient (Wildman–Crippen LogP) is 2.51. The van der Waals surface area contributed by atoms with Gasteiger partial charge in [0.25, 0.3) is 5.91 Å². The smallest absolute Gasteiger partial charge is 0.404 e. The first-order valence-corrected chi connectivity index (χ1v) is 22.1. The molecule has 0 spiro atoms. The number of aliphatic hydroxyl groups excluding tert-OH is 1. The molecule has 16 heteroatoms. The molecule has 4 fully saturated rings. The Morgan fingerprint density at radius 3 is 2.02 bits per heavy atom. The van der Waals surface area contributed by atoms with E-state index in [9.17, 15) is 29.1 Å². The van der Waals surface area contributed by atoms with Crippen LogP contribution in [0.2, 0.25) is 0 Å². The highest BCUT2D eigenvalue weighted by Crippen LogP contribution is 2.65. The van der Waals surface area contributed by atoms with Crippen LogP contribution in [0, 0.1) is 17.3 Å². The number of nitrogens with two attached hydrogens (primary N) is 2. The second-order valence-corrected chi connectivity index (χ2v) is 18.1. The summed E-state index contributed by atoms with van der Waals surface area (Å²) in [5, 5.41) is 23.9. The zero-order valence-corrected chi connectivity index (χ0v) is 36.9. The van der Waals surface area contributed by atoms with Crippen LogP contribution >= 0.6 is 0 Å². The number of carbonyl (C=O) groups is 5. The fraction of sp³-hybridized carbons (Fsp3) is 0.622. The van der Waals surface area contributed by atoms with Crippen LogP contribution in [-0.4, -0.2) is 103 Å². The van der Waals surface area contributed by atoms with Gasteiger partial charge in [0.2, 0.25) is 23.6 Å². The number of nitrogens with one attached hydrogen (secondary N) is 5. The Morgan fingerprint density at radius 1 is 0.787 bits per heavy atom. The van der Waals surface area contributed by atoms with Crippen molar-refractivity contribution >= 4 is 36.7 Å². The third-order valence-electron chi connectivity index (χ3n) is 13.3. The molecule has 2 bridgehead atoms. The summed E-state index contributed by atoms with van der Waals surface area (Å²) in [5.41, 5.74) is 14.8. The van der Waals surface area contributed by atoms with Gasteiger partial charge >= 0.3 is 7.12 Å². The summed E-state index contributed by atoms with van der Waals surface area (Å²) in [6.07, 6.45) is 5.34. The number of benzene rings is 2. The first-order chi connectivity index (χ1) is 28.9. The SMILES string of the molecule is CCCCc1ccc(-c2ccc(C(=O)N[C@@H](CN)C(=O)N[C@H](C(=O)N[C@@H](C)C(=O)N[C@@H](CCCCN)C(=O)N[C@@H](C)B3OC4C[C@@H]5C[C@@H](C5(C)C)[C@]4(C)O3)C(C)O)cc2)cc1. The molecule has 3 saturated carbocycles. The Bertz CT molecular complexity index is 1850. The molecule has 2 unspecified atom stereocenters. The number of carbonyl (C=O) groups excluding carboxylic acids is 5. The zero-order chi connectivity index (χ0) is 44.6. The van der Waals surface area contributed by atoms with Crippen molar-refractivity contribution in [1.29, 1.82) is 0 Å². The minimum atomic E-state index is -1.50. The summed E-state index contributed by atoms with van der Waals surface area (Å²) < 4.78 is 12.9. The molecule has 10 atom stereocenters. The Kier molecular flexibility index (Phi) is 16.2. The molecule has 0 radical (unpaired) electrons. The van der Waals surface area contributed by atoms with Crippen LogP contribution in [0.15, 0.2) is 48.5 Å². The Labute approximate surface area is 361 Å². The summed E-state index contributed by atoms with van der Waals surface area (Å²) in [5.74, 6) is -2.86. The average molecular weight is 846 g/mol. The van der Waals surface area contributed by atoms with Crippen molar-refractivity contribution in [3.63, 3.8) is 0 Å². The third-order valence-corrected chi connectivity index (χ3v) is 13.3. The zero-order valence-electron chi connectivity index (χ0n) is 36.9. The van der Waals surface area contributed by atoms with Crippen molar-refractivity contribution in [2.24, 2.45) is 28.7 Å². The number of amides is 5. The highest BCUT2D eigenvalue weighted by atomic mass is 16.7. The molecule has 3 aliphatic carbocycles. The van der Waals surface area contributed by atoms with E-state index in [4.69, 9.17) is 20.8 Å². The van der Waals surface area contributed by atoms with Gasteiger partial charge in [-0.3, -0.25) is 24.0 Å². The van der Waals surface area contributed by atoms with Crippen LogP contribution in [0.3, 0.4) is 0 Å². The molecular formula is C45H68BN7O8. The molecule has 0 aromatic heterocycles. The van der Waals surface area contributed by atoms with Gasteiger partial charge in [0.1, 0.15) is 24.2 Å². The second kappa shape index (κ2) is 20.7. The van der Waals surface area contributed by atoms with Gasteiger partial charge in [-0.05, 0) is 125 Å². The van der Waals surface area contributed by atoms with Gasteiger partial charge in [-0.15, -0.1) is 0 Å². The Hall–Kier alpha value is -4.35. The highest BCUT2D eigenvalue weighted by molar-refractivity contribution is 6.47. The molecule has 6 rings (SSSR count). The molecule has 1 aliphatic heterocycles. The molecule has 2 aromatic rings. The van der Waals surface area contributed by atoms with Gasteiger partial charge in [0.05, 0.1) is 23.8 Å². The van der Waals surface area contributed by atoms with Gasteiger partial charge in [-0.25, -0.2) is 0 Å². The molecule has 10 N–H and O–H groups in total. The number of aryl methyl sites for hydroxylation is 1. The second-order valence-electron chi connectivity index (χ2n) is 18.1. The summed E-state index contributed by atoms with van der Waals surface area (Å²) >= 11 is 0. The van der Waals surface area contributed by atoms with Crippen LogP contribution < -0.4 is 38.1 Å². The van der Waals surface area contributed by atoms with Gasteiger partial charge in [0, 0.05) is 12.1 Å². The third kappa shape index (κ3) is 11.2. The summed E-state index contributed by atoms with van der Waals surface area (Å²) in [6, 6.07) is 10.4. The molecule has 5 amide bonds. The maximum atomic E-state index is 13.7. The number of aliphatic hydroxyl groups is 1. The van der Waals surface area contributed by atoms with Gasteiger partial charge < -0.3 is 52.5 Å². The lowest BCUT2D eigenvalue weighted by Gasteiger charge is -2.64. The lowest BCUT2D eigenvalue weighted by Crippen LogP contribution is -2.65. The summed E-state index contributed by atoms with van der Waals surface area (Å²) in [7, 11) is -0.650. The van der Waals surface area contributed by atoms with E-state index >= 15 is 0 Å². The van der Waals surface area contributed by atoms with Crippen LogP contribution in [0.1, 0.15) is 109 Å². The highest BCUT2D eigenvalue weighted by Gasteiger charge is 2.68. The standard InChI is InChI=1S/C45H68BN7O8/c1-8-9-12-29-14-16-30(17-15-29)31-18-20-32(21-19-31)40(56)52-35(25-48)42(58)53-38(27(3)54)43(59)49-26(2)39(55)51-34(13-10-11-22-47)41(57)50-28(4)46-60-37-24-33-23-36(44(33,5)6)45(37,7)61-46/h14-21,26-28,33-38,54H,8-13,22-25,47-48H2,1-7H3,(H,49,59)(H,50,57)(H,51,55)(H,52,56)(H,53,58)/t26-,27?,28-,33-,34-,35-,36-,37?,38-,45-/m0/s1. The fourth-order valence-corrected chi connectivity index (χ4v) is 9.13. The van der Waals surface area contributed by atoms with E-state index < -0.39 is 78.5 Å². The van der Waals surface area contributed by atoms with Gasteiger partial charge in [-0.1, -0.05) is 63.6 Å². The molecule has 1 saturated heterocycles. The molecule has 4 aliphatic rings. The van der Waals surface area contributed by atoms with E-state index in [1.807, 2.05) is 31.2 Å². The van der Waals surface area contributed by atoms with Crippen LogP contribution in [0.4, 0.5) is 0 Å². The largest absolute Gasteiger partial charge is 0.481 e. The molecule has 15 nitrogen and oxygen atoms in total. The van der Waals surface area contributed by atoms with Crippen LogP contribution in [0.25, 0.3) is 11.1 Å². The lowest BCUT2D eigenvalue weighted by molar-refractivity contribution is -0.199. The van der Waals surface area contributed by atoms with Crippen molar-refractivity contribution in [2.45, 2.75) is 148 Å². The summed E-state index contributed by atoms with van der Waals surface area (Å²) in [6.45, 7) is 13.5. The number of hydrogen-bond acceptors (Lipinski definition) is 10. The fourth-order valence-electron chi connectivity index (χ4n) is 9.13. The van der Waals surface area contributed by atoms with Crippen molar-refractivity contribution in [1.82, 2.24) is 26.6 Å². The molecule has 1 heterocycles. The average Bonchev–Trinajstić information content (AvgIpc) is 3.61. The van der Waals surface area contributed by atoms with E-state index in [-0.39, 0.29) is 18.1 Å². The first-order valence-electron chi connectivity index (χ1n) is 22.1. The Morgan fingerprint density at radius 2 is 1.43 bits per heavy atom. The minimum absolute atomic E-state index is 0.0548. The van der Waals surface area contributed by atoms with Crippen molar-refractivity contribution in [3.8, 4) is 11.1 Å². The molecule has 334 valence electrons. The van der Waals surface area contributed by atoms with Crippen LogP contribution in [-0.2, 0) is 34.9 Å². The van der Waals surface area contributed by atoms with E-state index in [2.05, 4.69) is 66.4 Å². The van der Waals surface area contributed by atoms with Gasteiger partial charge in [0.15, 0.2) is 0 Å². The topological polar surface area (TPSA) is 236 Å². The maximum Gasteiger partial charge on any atom is 0.481 e. The number of hydrogen-bond donors (Lipinski definition) is 8. The predicted molar refractivity (Wildman–Crippen MR) is 235 cm³/mol. The molecule has 61 heavy (non-hydrogen) atoms. The van der Waals surface area contributed by atoms with E-state index in [1.54, 1.807) is 12.1 Å². The van der Waals surface area contributed by atoms with E-state index in [1.165, 1.54) is 19.4 Å². The maximum absolute atomic E-state index is 13.7.